The molecule has 0 saturated heterocycles. The minimum absolute atomic E-state index is 0.0175. The number of nitrogens with zero attached hydrogens (tertiary/aromatic N) is 2. The van der Waals surface area contributed by atoms with Gasteiger partial charge in [0, 0.05) is 36.7 Å². The summed E-state index contributed by atoms with van der Waals surface area (Å²) in [7, 11) is 3.22. The van der Waals surface area contributed by atoms with Gasteiger partial charge in [0.2, 0.25) is 0 Å². The smallest absolute Gasteiger partial charge is 0.280 e. The molecule has 0 spiro atoms. The number of hydrogen-bond donors (Lipinski definition) is 1. The summed E-state index contributed by atoms with van der Waals surface area (Å²) in [5.74, 6) is -0.124. The number of para-hydroxylation sites is 1. The lowest BCUT2D eigenvalue weighted by atomic mass is 9.91. The topological polar surface area (TPSA) is 111 Å². The van der Waals surface area contributed by atoms with Crippen molar-refractivity contribution in [3.63, 3.8) is 0 Å². The van der Waals surface area contributed by atoms with Gasteiger partial charge in [-0.3, -0.25) is 19.7 Å². The maximum Gasteiger partial charge on any atom is 0.280 e. The first-order valence-electron chi connectivity index (χ1n) is 14.0. The highest BCUT2D eigenvalue weighted by Gasteiger charge is 2.39. The SMILES string of the molecule is COc1cc(CC(=O)c2ccccc2[N+](=O)[O-])ccc1-c1ccc2c(c1COc1cc(F)ccc1C)N(C)C(=O)C(C)(C)N2. The molecule has 1 heterocycles. The fourth-order valence-electron chi connectivity index (χ4n) is 5.53. The fraction of sp³-hybridized carbons (Fsp3) is 0.235. The number of hydrogen-bond acceptors (Lipinski definition) is 7. The Hall–Kier alpha value is -5.25. The van der Waals surface area contributed by atoms with Crippen LogP contribution in [0.2, 0.25) is 0 Å². The number of carbonyl (C=O) groups is 2. The first-order chi connectivity index (χ1) is 20.9. The molecular formula is C34H32FN3O6. The van der Waals surface area contributed by atoms with Crippen LogP contribution in [0.15, 0.2) is 72.8 Å². The standard InChI is InChI=1S/C34H32FN3O6/c1-20-10-12-22(35)18-30(20)44-19-26-23(14-15-27-32(26)37(4)33(40)34(2,3)36-27)24-13-11-21(17-31(24)43-5)16-29(39)25-8-6-7-9-28(25)38(41)42/h6-15,17-18,36H,16,19H2,1-5H3. The van der Waals surface area contributed by atoms with Gasteiger partial charge in [0.25, 0.3) is 11.6 Å². The number of nitro groups is 1. The zero-order valence-corrected chi connectivity index (χ0v) is 25.1. The first-order valence-corrected chi connectivity index (χ1v) is 14.0. The summed E-state index contributed by atoms with van der Waals surface area (Å²) in [5, 5.41) is 14.8. The number of anilines is 2. The number of ketones is 1. The number of likely N-dealkylation sites (N-methyl/N-ethyl adjacent to an activating group) is 1. The molecule has 44 heavy (non-hydrogen) atoms. The van der Waals surface area contributed by atoms with Crippen molar-refractivity contribution in [2.75, 3.05) is 24.4 Å². The maximum absolute atomic E-state index is 14.1. The lowest BCUT2D eigenvalue weighted by Gasteiger charge is -2.39. The number of nitrogens with one attached hydrogen (secondary N) is 1. The lowest BCUT2D eigenvalue weighted by Crippen LogP contribution is -2.52. The molecule has 0 aliphatic carbocycles. The van der Waals surface area contributed by atoms with E-state index < -0.39 is 22.1 Å². The van der Waals surface area contributed by atoms with Crippen LogP contribution in [0.3, 0.4) is 0 Å². The summed E-state index contributed by atoms with van der Waals surface area (Å²) in [6.07, 6.45) is -0.0727. The van der Waals surface area contributed by atoms with Crippen LogP contribution in [0.4, 0.5) is 21.5 Å². The monoisotopic (exact) mass is 597 g/mol. The van der Waals surface area contributed by atoms with Crippen molar-refractivity contribution >= 4 is 28.8 Å². The van der Waals surface area contributed by atoms with E-state index >= 15 is 0 Å². The highest BCUT2D eigenvalue weighted by atomic mass is 19.1. The molecule has 10 heteroatoms. The molecule has 4 aromatic carbocycles. The van der Waals surface area contributed by atoms with E-state index in [-0.39, 0.29) is 30.2 Å². The molecule has 1 aliphatic rings. The van der Waals surface area contributed by atoms with E-state index in [0.717, 1.165) is 11.3 Å². The summed E-state index contributed by atoms with van der Waals surface area (Å²) >= 11 is 0. The largest absolute Gasteiger partial charge is 0.496 e. The van der Waals surface area contributed by atoms with Gasteiger partial charge in [-0.1, -0.05) is 36.4 Å². The van der Waals surface area contributed by atoms with Crippen LogP contribution < -0.4 is 19.7 Å². The zero-order chi connectivity index (χ0) is 31.8. The molecule has 0 saturated carbocycles. The number of fused-ring (bicyclic) bond motifs is 1. The van der Waals surface area contributed by atoms with Crippen LogP contribution in [0, 0.1) is 22.9 Å². The molecule has 226 valence electrons. The Labute approximate surface area is 254 Å². The van der Waals surface area contributed by atoms with Crippen LogP contribution in [0.5, 0.6) is 11.5 Å². The van der Waals surface area contributed by atoms with Crippen LogP contribution in [-0.4, -0.2) is 36.3 Å². The third-order valence-corrected chi connectivity index (χ3v) is 7.75. The molecule has 0 fully saturated rings. The Kier molecular flexibility index (Phi) is 8.10. The zero-order valence-electron chi connectivity index (χ0n) is 25.1. The lowest BCUT2D eigenvalue weighted by molar-refractivity contribution is -0.385. The van der Waals surface area contributed by atoms with Crippen LogP contribution in [-0.2, 0) is 17.8 Å². The quantitative estimate of drug-likeness (QED) is 0.127. The van der Waals surface area contributed by atoms with Gasteiger partial charge in [0.05, 0.1) is 29.0 Å². The van der Waals surface area contributed by atoms with E-state index in [2.05, 4.69) is 5.32 Å². The molecule has 1 N–H and O–H groups in total. The van der Waals surface area contributed by atoms with Gasteiger partial charge in [-0.2, -0.15) is 0 Å². The number of Topliss-reactive ketones (excluding diaryl/α,β-unsaturated/α-hetero) is 1. The number of benzene rings is 4. The minimum atomic E-state index is -0.833. The van der Waals surface area contributed by atoms with Crippen molar-refractivity contribution in [2.24, 2.45) is 0 Å². The normalized spacial score (nSPS) is 13.6. The van der Waals surface area contributed by atoms with Crippen LogP contribution in [0.25, 0.3) is 11.1 Å². The first kappa shape index (κ1) is 30.2. The van der Waals surface area contributed by atoms with E-state index in [1.54, 1.807) is 36.2 Å². The number of amides is 1. The molecule has 5 rings (SSSR count). The summed E-state index contributed by atoms with van der Waals surface area (Å²) in [6.45, 7) is 5.46. The average molecular weight is 598 g/mol. The third-order valence-electron chi connectivity index (χ3n) is 7.75. The van der Waals surface area contributed by atoms with Gasteiger partial charge >= 0.3 is 0 Å². The summed E-state index contributed by atoms with van der Waals surface area (Å²) in [4.78, 5) is 38.9. The minimum Gasteiger partial charge on any atom is -0.496 e. The third kappa shape index (κ3) is 5.70. The second-order valence-electron chi connectivity index (χ2n) is 11.2. The number of rotatable bonds is 9. The van der Waals surface area contributed by atoms with Crippen molar-refractivity contribution in [3.05, 3.63) is 111 Å². The van der Waals surface area contributed by atoms with Crippen molar-refractivity contribution in [1.82, 2.24) is 0 Å². The van der Waals surface area contributed by atoms with Crippen molar-refractivity contribution in [1.29, 1.82) is 0 Å². The molecule has 0 atom stereocenters. The van der Waals surface area contributed by atoms with Crippen LogP contribution >= 0.6 is 0 Å². The van der Waals surface area contributed by atoms with E-state index in [1.807, 2.05) is 39.0 Å². The van der Waals surface area contributed by atoms with E-state index in [1.165, 1.54) is 37.4 Å². The van der Waals surface area contributed by atoms with Crippen molar-refractivity contribution in [3.8, 4) is 22.6 Å². The van der Waals surface area contributed by atoms with E-state index in [9.17, 15) is 24.1 Å². The van der Waals surface area contributed by atoms with Gasteiger partial charge in [-0.15, -0.1) is 0 Å². The molecule has 0 bridgehead atoms. The summed E-state index contributed by atoms with van der Waals surface area (Å²) < 4.78 is 26.0. The summed E-state index contributed by atoms with van der Waals surface area (Å²) in [6, 6.07) is 19.3. The molecule has 0 unspecified atom stereocenters. The molecule has 1 amide bonds. The number of aryl methyl sites for hydroxylation is 1. The average Bonchev–Trinajstić information content (AvgIpc) is 3.00. The van der Waals surface area contributed by atoms with Gasteiger partial charge in [0.1, 0.15) is 29.5 Å². The molecule has 0 aromatic heterocycles. The Morgan fingerprint density at radius 2 is 1.75 bits per heavy atom. The number of ether oxygens (including phenoxy) is 2. The van der Waals surface area contributed by atoms with Crippen molar-refractivity contribution < 1.29 is 28.4 Å². The van der Waals surface area contributed by atoms with Crippen molar-refractivity contribution in [2.45, 2.75) is 39.3 Å². The number of nitro benzene ring substituents is 1. The number of halogens is 1. The molecule has 0 radical (unpaired) electrons. The Bertz CT molecular complexity index is 1800. The Balaban J connectivity index is 1.57. The predicted molar refractivity (Wildman–Crippen MR) is 166 cm³/mol. The van der Waals surface area contributed by atoms with E-state index in [4.69, 9.17) is 9.47 Å². The van der Waals surface area contributed by atoms with Gasteiger partial charge in [-0.25, -0.2) is 4.39 Å². The highest BCUT2D eigenvalue weighted by molar-refractivity contribution is 6.09. The highest BCUT2D eigenvalue weighted by Crippen LogP contribution is 2.44. The second kappa shape index (κ2) is 11.8. The predicted octanol–water partition coefficient (Wildman–Crippen LogP) is 6.89. The number of carbonyl (C=O) groups excluding carboxylic acids is 2. The Morgan fingerprint density at radius 1 is 1.02 bits per heavy atom. The number of methoxy groups -OCH3 is 1. The summed E-state index contributed by atoms with van der Waals surface area (Å²) in [5.41, 5.74) is 3.74. The van der Waals surface area contributed by atoms with E-state index in [0.29, 0.717) is 39.4 Å². The van der Waals surface area contributed by atoms with Gasteiger partial charge < -0.3 is 19.7 Å². The van der Waals surface area contributed by atoms with Gasteiger partial charge in [-0.05, 0) is 61.7 Å². The molecule has 1 aliphatic heterocycles. The fourth-order valence-corrected chi connectivity index (χ4v) is 5.53. The van der Waals surface area contributed by atoms with Crippen LogP contribution in [0.1, 0.15) is 40.9 Å². The molecule has 4 aromatic rings. The second-order valence-corrected chi connectivity index (χ2v) is 11.2. The molecule has 9 nitrogen and oxygen atoms in total. The maximum atomic E-state index is 14.1. The Morgan fingerprint density at radius 3 is 2.48 bits per heavy atom. The van der Waals surface area contributed by atoms with Gasteiger partial charge in [0.15, 0.2) is 5.78 Å². The molecular weight excluding hydrogens is 565 g/mol.